The van der Waals surface area contributed by atoms with E-state index in [-0.39, 0.29) is 11.8 Å². The Morgan fingerprint density at radius 2 is 1.92 bits per heavy atom. The third-order valence-corrected chi connectivity index (χ3v) is 5.99. The van der Waals surface area contributed by atoms with Gasteiger partial charge in [0, 0.05) is 24.7 Å². The standard InChI is InChI=1S/C19H25Cl2N3O2/c1-22-8-4-13-5-9-23(10-6-13)18(25)15-7-11-24(19(15)26)17-12-14(20)2-3-16(17)21/h2-3,12-13,15,22H,4-11H2,1H3. The molecule has 1 unspecified atom stereocenters. The summed E-state index contributed by atoms with van der Waals surface area (Å²) in [5.74, 6) is -0.148. The summed E-state index contributed by atoms with van der Waals surface area (Å²) in [5, 5.41) is 4.17. The number of nitrogens with zero attached hydrogens (tertiary/aromatic N) is 2. The highest BCUT2D eigenvalue weighted by Crippen LogP contribution is 2.34. The number of piperidine rings is 1. The van der Waals surface area contributed by atoms with Crippen molar-refractivity contribution >= 4 is 40.7 Å². The van der Waals surface area contributed by atoms with Gasteiger partial charge in [0.15, 0.2) is 0 Å². The van der Waals surface area contributed by atoms with Crippen LogP contribution in [0.25, 0.3) is 0 Å². The summed E-state index contributed by atoms with van der Waals surface area (Å²) < 4.78 is 0. The predicted molar refractivity (Wildman–Crippen MR) is 105 cm³/mol. The van der Waals surface area contributed by atoms with Crippen molar-refractivity contribution in [3.63, 3.8) is 0 Å². The number of halogens is 2. The Morgan fingerprint density at radius 3 is 2.62 bits per heavy atom. The van der Waals surface area contributed by atoms with Gasteiger partial charge >= 0.3 is 0 Å². The van der Waals surface area contributed by atoms with Crippen LogP contribution < -0.4 is 10.2 Å². The third kappa shape index (κ3) is 4.16. The quantitative estimate of drug-likeness (QED) is 0.776. The minimum Gasteiger partial charge on any atom is -0.342 e. The van der Waals surface area contributed by atoms with Crippen LogP contribution in [0.2, 0.25) is 10.0 Å². The maximum absolute atomic E-state index is 12.9. The van der Waals surface area contributed by atoms with E-state index in [9.17, 15) is 9.59 Å². The second-order valence-electron chi connectivity index (χ2n) is 7.09. The lowest BCUT2D eigenvalue weighted by molar-refractivity contribution is -0.141. The van der Waals surface area contributed by atoms with Gasteiger partial charge in [-0.2, -0.15) is 0 Å². The molecule has 3 rings (SSSR count). The molecule has 2 saturated heterocycles. The Labute approximate surface area is 164 Å². The summed E-state index contributed by atoms with van der Waals surface area (Å²) in [7, 11) is 1.96. The Morgan fingerprint density at radius 1 is 1.19 bits per heavy atom. The van der Waals surface area contributed by atoms with Gasteiger partial charge in [-0.15, -0.1) is 0 Å². The maximum Gasteiger partial charge on any atom is 0.239 e. The number of likely N-dealkylation sites (tertiary alicyclic amines) is 1. The lowest BCUT2D eigenvalue weighted by Crippen LogP contribution is -2.44. The first-order valence-corrected chi connectivity index (χ1v) is 9.96. The van der Waals surface area contributed by atoms with Gasteiger partial charge in [-0.05, 0) is 63.4 Å². The SMILES string of the molecule is CNCCC1CCN(C(=O)C2CCN(c3cc(Cl)ccc3Cl)C2=O)CC1. The minimum atomic E-state index is -0.598. The van der Waals surface area contributed by atoms with Crippen molar-refractivity contribution in [2.45, 2.75) is 25.7 Å². The summed E-state index contributed by atoms with van der Waals surface area (Å²) in [6, 6.07) is 5.05. The van der Waals surface area contributed by atoms with E-state index in [4.69, 9.17) is 23.2 Å². The lowest BCUT2D eigenvalue weighted by atomic mass is 9.92. The van der Waals surface area contributed by atoms with Gasteiger partial charge in [-0.25, -0.2) is 0 Å². The summed E-state index contributed by atoms with van der Waals surface area (Å²) in [6.45, 7) is 2.99. The lowest BCUT2D eigenvalue weighted by Gasteiger charge is -2.33. The molecule has 0 saturated carbocycles. The highest BCUT2D eigenvalue weighted by Gasteiger charge is 2.40. The van der Waals surface area contributed by atoms with E-state index in [0.717, 1.165) is 38.9 Å². The molecule has 7 heteroatoms. The second-order valence-corrected chi connectivity index (χ2v) is 7.93. The van der Waals surface area contributed by atoms with E-state index in [1.54, 1.807) is 23.1 Å². The molecule has 142 valence electrons. The zero-order valence-electron chi connectivity index (χ0n) is 15.0. The minimum absolute atomic E-state index is 0.0392. The van der Waals surface area contributed by atoms with Crippen LogP contribution in [0.1, 0.15) is 25.7 Å². The van der Waals surface area contributed by atoms with Crippen LogP contribution in [-0.4, -0.2) is 49.9 Å². The molecule has 0 aromatic heterocycles. The van der Waals surface area contributed by atoms with E-state index in [2.05, 4.69) is 5.32 Å². The monoisotopic (exact) mass is 397 g/mol. The van der Waals surface area contributed by atoms with E-state index in [0.29, 0.717) is 34.6 Å². The van der Waals surface area contributed by atoms with Gasteiger partial charge in [0.05, 0.1) is 10.7 Å². The summed E-state index contributed by atoms with van der Waals surface area (Å²) in [5.41, 5.74) is 0.588. The van der Waals surface area contributed by atoms with Crippen LogP contribution in [0.5, 0.6) is 0 Å². The van der Waals surface area contributed by atoms with Crippen LogP contribution in [-0.2, 0) is 9.59 Å². The van der Waals surface area contributed by atoms with E-state index in [1.165, 1.54) is 0 Å². The molecule has 5 nitrogen and oxygen atoms in total. The van der Waals surface area contributed by atoms with Crippen molar-refractivity contribution in [2.24, 2.45) is 11.8 Å². The molecule has 1 atom stereocenters. The van der Waals surface area contributed by atoms with E-state index < -0.39 is 5.92 Å². The van der Waals surface area contributed by atoms with Crippen LogP contribution >= 0.6 is 23.2 Å². The molecule has 2 heterocycles. The fourth-order valence-electron chi connectivity index (χ4n) is 3.85. The van der Waals surface area contributed by atoms with Crippen molar-refractivity contribution in [3.05, 3.63) is 28.2 Å². The molecule has 1 N–H and O–H groups in total. The summed E-state index contributed by atoms with van der Waals surface area (Å²) in [4.78, 5) is 29.2. The molecule has 0 aliphatic carbocycles. The topological polar surface area (TPSA) is 52.7 Å². The molecule has 0 spiro atoms. The van der Waals surface area contributed by atoms with Gasteiger partial charge in [0.1, 0.15) is 5.92 Å². The van der Waals surface area contributed by atoms with Crippen molar-refractivity contribution < 1.29 is 9.59 Å². The van der Waals surface area contributed by atoms with Crippen molar-refractivity contribution in [1.82, 2.24) is 10.2 Å². The Hall–Kier alpha value is -1.30. The average molecular weight is 398 g/mol. The highest BCUT2D eigenvalue weighted by atomic mass is 35.5. The molecule has 2 aliphatic rings. The van der Waals surface area contributed by atoms with Crippen molar-refractivity contribution in [1.29, 1.82) is 0 Å². The van der Waals surface area contributed by atoms with Gasteiger partial charge in [0.2, 0.25) is 11.8 Å². The zero-order valence-corrected chi connectivity index (χ0v) is 16.5. The number of nitrogens with one attached hydrogen (secondary N) is 1. The number of anilines is 1. The largest absolute Gasteiger partial charge is 0.342 e. The molecular formula is C19H25Cl2N3O2. The Bertz CT molecular complexity index is 675. The fraction of sp³-hybridized carbons (Fsp3) is 0.579. The smallest absolute Gasteiger partial charge is 0.239 e. The predicted octanol–water partition coefficient (Wildman–Crippen LogP) is 3.19. The number of hydrogen-bond donors (Lipinski definition) is 1. The Kier molecular flexibility index (Phi) is 6.43. The Balaban J connectivity index is 1.61. The highest BCUT2D eigenvalue weighted by molar-refractivity contribution is 6.36. The van der Waals surface area contributed by atoms with Crippen LogP contribution in [0.3, 0.4) is 0 Å². The molecule has 0 bridgehead atoms. The van der Waals surface area contributed by atoms with Gasteiger partial charge in [-0.1, -0.05) is 23.2 Å². The maximum atomic E-state index is 12.9. The number of carbonyl (C=O) groups is 2. The van der Waals surface area contributed by atoms with Crippen LogP contribution in [0.15, 0.2) is 18.2 Å². The molecule has 2 fully saturated rings. The number of carbonyl (C=O) groups excluding carboxylic acids is 2. The molecular weight excluding hydrogens is 373 g/mol. The first-order valence-electron chi connectivity index (χ1n) is 9.21. The molecule has 2 amide bonds. The molecule has 0 radical (unpaired) electrons. The number of rotatable bonds is 5. The number of amides is 2. The normalized spacial score (nSPS) is 21.5. The van der Waals surface area contributed by atoms with Gasteiger partial charge < -0.3 is 15.1 Å². The van der Waals surface area contributed by atoms with E-state index >= 15 is 0 Å². The van der Waals surface area contributed by atoms with Gasteiger partial charge in [-0.3, -0.25) is 9.59 Å². The molecule has 1 aromatic rings. The first-order chi connectivity index (χ1) is 12.5. The fourth-order valence-corrected chi connectivity index (χ4v) is 4.24. The van der Waals surface area contributed by atoms with Crippen molar-refractivity contribution in [2.75, 3.05) is 38.1 Å². The molecule has 1 aromatic carbocycles. The third-order valence-electron chi connectivity index (χ3n) is 5.43. The van der Waals surface area contributed by atoms with Crippen LogP contribution in [0.4, 0.5) is 5.69 Å². The first kappa shape index (κ1) is 19.5. The number of hydrogen-bond acceptors (Lipinski definition) is 3. The van der Waals surface area contributed by atoms with Gasteiger partial charge in [0.25, 0.3) is 0 Å². The average Bonchev–Trinajstić information content (AvgIpc) is 3.03. The van der Waals surface area contributed by atoms with Crippen LogP contribution in [0, 0.1) is 11.8 Å². The van der Waals surface area contributed by atoms with Crippen molar-refractivity contribution in [3.8, 4) is 0 Å². The number of benzene rings is 1. The molecule has 26 heavy (non-hydrogen) atoms. The van der Waals surface area contributed by atoms with E-state index in [1.807, 2.05) is 11.9 Å². The molecule has 2 aliphatic heterocycles. The zero-order chi connectivity index (χ0) is 18.7. The second kappa shape index (κ2) is 8.59. The summed E-state index contributed by atoms with van der Waals surface area (Å²) in [6.07, 6.45) is 3.69. The summed E-state index contributed by atoms with van der Waals surface area (Å²) >= 11 is 12.3.